The first-order valence-electron chi connectivity index (χ1n) is 7.82. The Morgan fingerprint density at radius 1 is 1.00 bits per heavy atom. The van der Waals surface area contributed by atoms with Crippen molar-refractivity contribution in [2.45, 2.75) is 29.6 Å². The van der Waals surface area contributed by atoms with Crippen LogP contribution in [0.4, 0.5) is 13.2 Å². The summed E-state index contributed by atoms with van der Waals surface area (Å²) in [7, 11) is -6.33. The van der Waals surface area contributed by atoms with Crippen LogP contribution in [-0.2, 0) is 26.4 Å². The summed E-state index contributed by atoms with van der Waals surface area (Å²) in [6.45, 7) is 1.41. The standard InChI is InChI=1S/C17H18F3NO5S2/c1-12-4-9-15(27(3,22)23)10-16(12)28(24,25)21(2)11-13-5-7-14(8-6-13)26-17(18,19)20/h4-10H,11H2,1-3H3. The molecule has 0 saturated heterocycles. The van der Waals surface area contributed by atoms with Gasteiger partial charge in [-0.05, 0) is 42.3 Å². The number of sulfone groups is 1. The Labute approximate surface area is 161 Å². The van der Waals surface area contributed by atoms with Crippen LogP contribution in [0.5, 0.6) is 5.75 Å². The molecule has 0 radical (unpaired) electrons. The highest BCUT2D eigenvalue weighted by molar-refractivity contribution is 7.91. The molecule has 0 unspecified atom stereocenters. The van der Waals surface area contributed by atoms with Crippen molar-refractivity contribution in [2.75, 3.05) is 13.3 Å². The molecule has 2 rings (SSSR count). The fourth-order valence-corrected chi connectivity index (χ4v) is 4.52. The van der Waals surface area contributed by atoms with Crippen LogP contribution >= 0.6 is 0 Å². The van der Waals surface area contributed by atoms with Crippen LogP contribution in [-0.4, -0.2) is 40.8 Å². The zero-order chi connectivity index (χ0) is 21.3. The Hall–Kier alpha value is -2.11. The van der Waals surface area contributed by atoms with Crippen molar-refractivity contribution in [1.82, 2.24) is 4.31 Å². The first-order chi connectivity index (χ1) is 12.7. The molecule has 0 amide bonds. The van der Waals surface area contributed by atoms with E-state index >= 15 is 0 Å². The number of halogens is 3. The molecule has 0 heterocycles. The quantitative estimate of drug-likeness (QED) is 0.694. The minimum absolute atomic E-state index is 0.126. The first-order valence-corrected chi connectivity index (χ1v) is 11.1. The van der Waals surface area contributed by atoms with E-state index in [1.807, 2.05) is 0 Å². The molecule has 0 aliphatic carbocycles. The molecule has 0 atom stereocenters. The summed E-state index contributed by atoms with van der Waals surface area (Å²) in [6, 6.07) is 8.61. The molecule has 0 bridgehead atoms. The second-order valence-electron chi connectivity index (χ2n) is 6.15. The average molecular weight is 437 g/mol. The molecule has 11 heteroatoms. The van der Waals surface area contributed by atoms with Gasteiger partial charge in [0, 0.05) is 19.8 Å². The lowest BCUT2D eigenvalue weighted by atomic mass is 10.2. The van der Waals surface area contributed by atoms with Crippen LogP contribution in [0.15, 0.2) is 52.3 Å². The van der Waals surface area contributed by atoms with Crippen LogP contribution < -0.4 is 4.74 Å². The van der Waals surface area contributed by atoms with E-state index < -0.39 is 32.0 Å². The average Bonchev–Trinajstić information content (AvgIpc) is 2.54. The van der Waals surface area contributed by atoms with Crippen molar-refractivity contribution >= 4 is 19.9 Å². The number of hydrogen-bond acceptors (Lipinski definition) is 5. The topological polar surface area (TPSA) is 80.8 Å². The number of sulfonamides is 1. The van der Waals surface area contributed by atoms with Gasteiger partial charge in [0.1, 0.15) is 5.75 Å². The maximum absolute atomic E-state index is 12.8. The molecule has 0 spiro atoms. The predicted octanol–water partition coefficient (Wildman–Crippen LogP) is 3.12. The largest absolute Gasteiger partial charge is 0.573 e. The Morgan fingerprint density at radius 2 is 1.57 bits per heavy atom. The van der Waals surface area contributed by atoms with Crippen LogP contribution in [0, 0.1) is 6.92 Å². The lowest BCUT2D eigenvalue weighted by molar-refractivity contribution is -0.274. The summed E-state index contributed by atoms with van der Waals surface area (Å²) in [6.07, 6.45) is -3.84. The van der Waals surface area contributed by atoms with E-state index in [9.17, 15) is 30.0 Å². The molecule has 0 aliphatic rings. The summed E-state index contributed by atoms with van der Waals surface area (Å²) < 4.78 is 90.5. The van der Waals surface area contributed by atoms with E-state index in [2.05, 4.69) is 4.74 Å². The van der Waals surface area contributed by atoms with E-state index in [0.29, 0.717) is 11.1 Å². The van der Waals surface area contributed by atoms with Crippen molar-refractivity contribution in [3.63, 3.8) is 0 Å². The van der Waals surface area contributed by atoms with Crippen LogP contribution in [0.1, 0.15) is 11.1 Å². The van der Waals surface area contributed by atoms with Crippen molar-refractivity contribution in [3.8, 4) is 5.75 Å². The molecular weight excluding hydrogens is 419 g/mol. The summed E-state index contributed by atoms with van der Waals surface area (Å²) in [5, 5.41) is 0. The molecule has 0 fully saturated rings. The molecular formula is C17H18F3NO5S2. The number of nitrogens with zero attached hydrogens (tertiary/aromatic N) is 1. The van der Waals surface area contributed by atoms with Crippen molar-refractivity contribution in [2.24, 2.45) is 0 Å². The molecule has 0 aliphatic heterocycles. The second kappa shape index (κ2) is 7.72. The molecule has 0 N–H and O–H groups in total. The summed E-state index contributed by atoms with van der Waals surface area (Å²) in [4.78, 5) is -0.284. The Kier molecular flexibility index (Phi) is 6.12. The van der Waals surface area contributed by atoms with Gasteiger partial charge in [0.2, 0.25) is 10.0 Å². The molecule has 0 saturated carbocycles. The Morgan fingerprint density at radius 3 is 2.07 bits per heavy atom. The second-order valence-corrected chi connectivity index (χ2v) is 10.2. The molecule has 2 aromatic rings. The number of rotatable bonds is 6. The minimum Gasteiger partial charge on any atom is -0.406 e. The maximum atomic E-state index is 12.8. The van der Waals surface area contributed by atoms with Crippen molar-refractivity contribution in [3.05, 3.63) is 53.6 Å². The smallest absolute Gasteiger partial charge is 0.406 e. The van der Waals surface area contributed by atoms with Crippen LogP contribution in [0.3, 0.4) is 0 Å². The van der Waals surface area contributed by atoms with Gasteiger partial charge in [0.25, 0.3) is 0 Å². The van der Waals surface area contributed by atoms with E-state index in [1.54, 1.807) is 0 Å². The van der Waals surface area contributed by atoms with Gasteiger partial charge in [-0.2, -0.15) is 4.31 Å². The predicted molar refractivity (Wildman–Crippen MR) is 96.1 cm³/mol. The van der Waals surface area contributed by atoms with Gasteiger partial charge in [-0.15, -0.1) is 13.2 Å². The highest BCUT2D eigenvalue weighted by Crippen LogP contribution is 2.26. The number of ether oxygens (including phenoxy) is 1. The first kappa shape index (κ1) is 22.2. The van der Waals surface area contributed by atoms with E-state index in [1.165, 1.54) is 38.2 Å². The van der Waals surface area contributed by atoms with E-state index in [-0.39, 0.29) is 16.3 Å². The van der Waals surface area contributed by atoms with E-state index in [0.717, 1.165) is 28.8 Å². The lowest BCUT2D eigenvalue weighted by Gasteiger charge is -2.19. The van der Waals surface area contributed by atoms with Gasteiger partial charge in [0.15, 0.2) is 9.84 Å². The third-order valence-electron chi connectivity index (χ3n) is 3.84. The fourth-order valence-electron chi connectivity index (χ4n) is 2.40. The zero-order valence-electron chi connectivity index (χ0n) is 15.2. The fraction of sp³-hybridized carbons (Fsp3) is 0.294. The number of hydrogen-bond donors (Lipinski definition) is 0. The van der Waals surface area contributed by atoms with Gasteiger partial charge < -0.3 is 4.74 Å². The van der Waals surface area contributed by atoms with Gasteiger partial charge >= 0.3 is 6.36 Å². The van der Waals surface area contributed by atoms with E-state index in [4.69, 9.17) is 0 Å². The number of benzene rings is 2. The van der Waals surface area contributed by atoms with Gasteiger partial charge in [-0.25, -0.2) is 16.8 Å². The maximum Gasteiger partial charge on any atom is 0.573 e. The Bertz CT molecular complexity index is 1060. The zero-order valence-corrected chi connectivity index (χ0v) is 16.8. The van der Waals surface area contributed by atoms with Crippen molar-refractivity contribution in [1.29, 1.82) is 0 Å². The lowest BCUT2D eigenvalue weighted by Crippen LogP contribution is -2.27. The normalized spacial score (nSPS) is 13.0. The Balaban J connectivity index is 2.27. The summed E-state index contributed by atoms with van der Waals surface area (Å²) in [5.41, 5.74) is 0.797. The number of alkyl halides is 3. The third kappa shape index (κ3) is 5.46. The molecule has 0 aromatic heterocycles. The van der Waals surface area contributed by atoms with Crippen LogP contribution in [0.25, 0.3) is 0 Å². The van der Waals surface area contributed by atoms with Gasteiger partial charge in [-0.1, -0.05) is 18.2 Å². The van der Waals surface area contributed by atoms with Gasteiger partial charge in [0.05, 0.1) is 9.79 Å². The van der Waals surface area contributed by atoms with Crippen molar-refractivity contribution < 1.29 is 34.7 Å². The highest BCUT2D eigenvalue weighted by Gasteiger charge is 2.31. The monoisotopic (exact) mass is 437 g/mol. The highest BCUT2D eigenvalue weighted by atomic mass is 32.2. The third-order valence-corrected chi connectivity index (χ3v) is 6.89. The molecule has 2 aromatic carbocycles. The van der Waals surface area contributed by atoms with Gasteiger partial charge in [-0.3, -0.25) is 0 Å². The minimum atomic E-state index is -4.82. The number of aryl methyl sites for hydroxylation is 1. The SMILES string of the molecule is Cc1ccc(S(C)(=O)=O)cc1S(=O)(=O)N(C)Cc1ccc(OC(F)(F)F)cc1. The molecule has 154 valence electrons. The van der Waals surface area contributed by atoms with Crippen LogP contribution in [0.2, 0.25) is 0 Å². The summed E-state index contributed by atoms with van der Waals surface area (Å²) >= 11 is 0. The molecule has 28 heavy (non-hydrogen) atoms. The summed E-state index contributed by atoms with van der Waals surface area (Å²) in [5.74, 6) is -0.418. The molecule has 6 nitrogen and oxygen atoms in total.